The highest BCUT2D eigenvalue weighted by molar-refractivity contribution is 7.87. The van der Waals surface area contributed by atoms with E-state index >= 15 is 0 Å². The monoisotopic (exact) mass is 603 g/mol. The van der Waals surface area contributed by atoms with Gasteiger partial charge in [0.25, 0.3) is 5.91 Å². The maximum Gasteiger partial charge on any atom is 0.320 e. The number of ether oxygens (including phenoxy) is 2. The smallest absolute Gasteiger partial charge is 0.320 e. The summed E-state index contributed by atoms with van der Waals surface area (Å²) in [5.41, 5.74) is -1.34. The fraction of sp³-hybridized carbons (Fsp3) is 0.484. The summed E-state index contributed by atoms with van der Waals surface area (Å²) in [5, 5.41) is -1.55. The second kappa shape index (κ2) is 14.4. The van der Waals surface area contributed by atoms with Crippen molar-refractivity contribution in [1.82, 2.24) is 4.90 Å². The van der Waals surface area contributed by atoms with E-state index in [1.165, 1.54) is 30.1 Å². The lowest BCUT2D eigenvalue weighted by Gasteiger charge is -2.26. The Bertz CT molecular complexity index is 1370. The molecule has 2 rings (SSSR count). The van der Waals surface area contributed by atoms with Crippen LogP contribution >= 0.6 is 0 Å². The number of nitrogens with zero attached hydrogens (tertiary/aromatic N) is 1. The Morgan fingerprint density at radius 2 is 1.38 bits per heavy atom. The molecule has 0 aliphatic rings. The molecule has 0 radical (unpaired) electrons. The fourth-order valence-electron chi connectivity index (χ4n) is 4.44. The van der Waals surface area contributed by atoms with Crippen molar-refractivity contribution in [2.75, 3.05) is 13.6 Å². The predicted molar refractivity (Wildman–Crippen MR) is 157 cm³/mol. The van der Waals surface area contributed by atoms with E-state index in [4.69, 9.17) is 9.47 Å². The average Bonchev–Trinajstić information content (AvgIpc) is 2.92. The molecule has 0 aliphatic carbocycles. The molecule has 1 unspecified atom stereocenters. The first-order chi connectivity index (χ1) is 19.6. The maximum absolute atomic E-state index is 13.2. The van der Waals surface area contributed by atoms with Crippen LogP contribution in [-0.2, 0) is 28.7 Å². The van der Waals surface area contributed by atoms with Gasteiger partial charge < -0.3 is 18.6 Å². The van der Waals surface area contributed by atoms with Crippen LogP contribution in [0.1, 0.15) is 88.4 Å². The highest BCUT2D eigenvalue weighted by Gasteiger charge is 2.35. The normalized spacial score (nSPS) is 12.6. The molecular weight excluding hydrogens is 562 g/mol. The van der Waals surface area contributed by atoms with Crippen LogP contribution < -0.4 is 9.47 Å². The summed E-state index contributed by atoms with van der Waals surface area (Å²) in [6, 6.07) is 12.2. The molecule has 11 heteroatoms. The molecule has 42 heavy (non-hydrogen) atoms. The first-order valence-electron chi connectivity index (χ1n) is 13.8. The molecular formula is C31H41NO9S. The zero-order valence-corrected chi connectivity index (χ0v) is 26.2. The molecule has 1 atom stereocenters. The van der Waals surface area contributed by atoms with Gasteiger partial charge in [-0.2, -0.15) is 8.42 Å². The molecule has 10 nitrogen and oxygen atoms in total. The van der Waals surface area contributed by atoms with Crippen LogP contribution in [0.3, 0.4) is 0 Å². The fourth-order valence-corrected chi connectivity index (χ4v) is 5.57. The van der Waals surface area contributed by atoms with Gasteiger partial charge in [0.05, 0.1) is 10.8 Å². The van der Waals surface area contributed by atoms with E-state index in [0.29, 0.717) is 24.8 Å². The second-order valence-electron chi connectivity index (χ2n) is 11.5. The van der Waals surface area contributed by atoms with E-state index in [-0.39, 0.29) is 23.5 Å². The molecule has 0 N–H and O–H groups in total. The van der Waals surface area contributed by atoms with E-state index < -0.39 is 50.6 Å². The Morgan fingerprint density at radius 3 is 1.88 bits per heavy atom. The van der Waals surface area contributed by atoms with Gasteiger partial charge in [0.1, 0.15) is 5.25 Å². The van der Waals surface area contributed by atoms with Gasteiger partial charge in [0.15, 0.2) is 11.5 Å². The number of benzene rings is 2. The third-order valence-electron chi connectivity index (χ3n) is 6.93. The van der Waals surface area contributed by atoms with Gasteiger partial charge in [-0.15, -0.1) is 0 Å². The summed E-state index contributed by atoms with van der Waals surface area (Å²) in [7, 11) is -3.18. The summed E-state index contributed by atoms with van der Waals surface area (Å²) in [6.07, 6.45) is 2.51. The molecule has 230 valence electrons. The molecule has 2 aromatic carbocycles. The summed E-state index contributed by atoms with van der Waals surface area (Å²) in [6.45, 7) is 10.2. The number of hydrogen-bond acceptors (Lipinski definition) is 9. The Hall–Kier alpha value is -3.73. The third-order valence-corrected chi connectivity index (χ3v) is 8.39. The third kappa shape index (κ3) is 8.88. The lowest BCUT2D eigenvalue weighted by molar-refractivity contribution is -0.147. The maximum atomic E-state index is 13.2. The lowest BCUT2D eigenvalue weighted by atomic mass is 9.88. The van der Waals surface area contributed by atoms with Gasteiger partial charge in [-0.1, -0.05) is 51.0 Å². The number of esters is 2. The molecule has 2 aromatic rings. The summed E-state index contributed by atoms with van der Waals surface area (Å²) in [4.78, 5) is 51.5. The molecule has 0 saturated carbocycles. The number of carbonyl (C=O) groups is 4. The molecule has 0 aromatic heterocycles. The predicted octanol–water partition coefficient (Wildman–Crippen LogP) is 5.47. The van der Waals surface area contributed by atoms with Gasteiger partial charge >= 0.3 is 28.5 Å². The van der Waals surface area contributed by atoms with E-state index in [1.54, 1.807) is 58.0 Å². The summed E-state index contributed by atoms with van der Waals surface area (Å²) >= 11 is 0. The first-order valence-corrected chi connectivity index (χ1v) is 15.3. The Labute approximate surface area is 248 Å². The topological polar surface area (TPSA) is 133 Å². The van der Waals surface area contributed by atoms with Crippen LogP contribution in [0.2, 0.25) is 0 Å². The minimum Gasteiger partial charge on any atom is -0.422 e. The summed E-state index contributed by atoms with van der Waals surface area (Å²) in [5.74, 6) is -1.87. The number of likely N-dealkylation sites (N-methyl/N-ethyl adjacent to an activating group) is 1. The molecule has 0 fully saturated rings. The van der Waals surface area contributed by atoms with E-state index in [9.17, 15) is 27.6 Å². The van der Waals surface area contributed by atoms with Crippen LogP contribution in [0.4, 0.5) is 0 Å². The van der Waals surface area contributed by atoms with Crippen molar-refractivity contribution >= 4 is 34.4 Å². The van der Waals surface area contributed by atoms with Crippen LogP contribution in [0, 0.1) is 10.8 Å². The second-order valence-corrected chi connectivity index (χ2v) is 13.2. The van der Waals surface area contributed by atoms with Crippen molar-refractivity contribution in [2.45, 2.75) is 72.5 Å². The van der Waals surface area contributed by atoms with E-state index in [1.807, 2.05) is 13.8 Å². The number of hydrogen-bond donors (Lipinski definition) is 0. The largest absolute Gasteiger partial charge is 0.422 e. The van der Waals surface area contributed by atoms with Crippen molar-refractivity contribution in [2.24, 2.45) is 10.8 Å². The van der Waals surface area contributed by atoms with Crippen molar-refractivity contribution < 1.29 is 41.3 Å². The zero-order valence-electron chi connectivity index (χ0n) is 25.3. The highest BCUT2D eigenvalue weighted by Crippen LogP contribution is 2.37. The molecule has 0 bridgehead atoms. The molecule has 0 heterocycles. The minimum atomic E-state index is -4.60. The van der Waals surface area contributed by atoms with E-state index in [0.717, 1.165) is 6.42 Å². The molecule has 0 spiro atoms. The number of carbonyl (C=O) groups excluding carboxylic acids is 4. The van der Waals surface area contributed by atoms with Crippen molar-refractivity contribution in [3.05, 3.63) is 59.7 Å². The van der Waals surface area contributed by atoms with E-state index in [2.05, 4.69) is 4.18 Å². The Kier molecular flexibility index (Phi) is 11.9. The van der Waals surface area contributed by atoms with Crippen LogP contribution in [0.5, 0.6) is 11.5 Å². The van der Waals surface area contributed by atoms with Gasteiger partial charge in [0.2, 0.25) is 0 Å². The number of rotatable bonds is 15. The van der Waals surface area contributed by atoms with Gasteiger partial charge in [-0.25, -0.2) is 0 Å². The van der Waals surface area contributed by atoms with Crippen molar-refractivity contribution in [1.29, 1.82) is 0 Å². The van der Waals surface area contributed by atoms with Crippen molar-refractivity contribution in [3.8, 4) is 11.5 Å². The molecule has 0 saturated heterocycles. The van der Waals surface area contributed by atoms with Gasteiger partial charge in [0, 0.05) is 19.2 Å². The van der Waals surface area contributed by atoms with Crippen molar-refractivity contribution in [3.63, 3.8) is 0 Å². The Balaban J connectivity index is 2.60. The summed E-state index contributed by atoms with van der Waals surface area (Å²) < 4.78 is 42.0. The molecule has 1 amide bonds. The van der Waals surface area contributed by atoms with Crippen LogP contribution in [-0.4, -0.2) is 51.2 Å². The van der Waals surface area contributed by atoms with Gasteiger partial charge in [-0.05, 0) is 70.4 Å². The first kappa shape index (κ1) is 34.5. The van der Waals surface area contributed by atoms with Crippen LogP contribution in [0.15, 0.2) is 48.5 Å². The van der Waals surface area contributed by atoms with Gasteiger partial charge in [-0.3, -0.25) is 19.2 Å². The number of amides is 1. The van der Waals surface area contributed by atoms with Crippen LogP contribution in [0.25, 0.3) is 0 Å². The minimum absolute atomic E-state index is 0.0493. The quantitative estimate of drug-likeness (QED) is 0.112. The average molecular weight is 604 g/mol. The lowest BCUT2D eigenvalue weighted by Crippen LogP contribution is -2.34. The zero-order chi connectivity index (χ0) is 31.7. The SMILES string of the molecule is CCCC(C)(C)C(=O)Oc1ccc(C(CN(C)C(=O)c2ccccc2)S(=O)(=O)OC=O)cc1OC(=O)C(C)(C)CCC. The highest BCUT2D eigenvalue weighted by atomic mass is 32.2. The Morgan fingerprint density at radius 1 is 0.857 bits per heavy atom. The molecule has 0 aliphatic heterocycles. The standard InChI is InChI=1S/C31H41NO9S/c1-8-17-30(3,4)28(35)40-24-16-15-23(19-25(24)41-29(36)31(5,6)18-9-2)26(42(37,38)39-21-33)20-32(7)27(34)22-13-11-10-12-14-22/h10-16,19,21,26H,8-9,17-18,20H2,1-7H3.